The highest BCUT2D eigenvalue weighted by Crippen LogP contribution is 2.17. The van der Waals surface area contributed by atoms with Gasteiger partial charge in [0.25, 0.3) is 5.78 Å². The largest absolute Gasteiger partial charge is 0.339 e. The normalized spacial score (nSPS) is 15.2. The molecule has 1 amide bonds. The summed E-state index contributed by atoms with van der Waals surface area (Å²) >= 11 is 1.38. The van der Waals surface area contributed by atoms with Crippen molar-refractivity contribution in [3.05, 3.63) is 52.8 Å². The second-order valence-electron chi connectivity index (χ2n) is 7.58. The minimum Gasteiger partial charge on any atom is -0.339 e. The minimum absolute atomic E-state index is 0.143. The quantitative estimate of drug-likeness (QED) is 0.602. The molecule has 1 aliphatic heterocycles. The molecule has 4 rings (SSSR count). The van der Waals surface area contributed by atoms with E-state index in [2.05, 4.69) is 51.2 Å². The molecule has 1 aliphatic rings. The van der Waals surface area contributed by atoms with Gasteiger partial charge >= 0.3 is 0 Å². The number of fused-ring (bicyclic) bond motifs is 1. The van der Waals surface area contributed by atoms with Gasteiger partial charge in [-0.3, -0.25) is 9.69 Å². The molecule has 0 bridgehead atoms. The van der Waals surface area contributed by atoms with Crippen LogP contribution in [-0.4, -0.2) is 67.2 Å². The van der Waals surface area contributed by atoms with Gasteiger partial charge < -0.3 is 4.90 Å². The number of rotatable bonds is 5. The average Bonchev–Trinajstić information content (AvgIpc) is 3.10. The molecule has 0 atom stereocenters. The Morgan fingerprint density at radius 3 is 2.62 bits per heavy atom. The second kappa shape index (κ2) is 8.51. The summed E-state index contributed by atoms with van der Waals surface area (Å²) in [5, 5.41) is 5.06. The molecule has 29 heavy (non-hydrogen) atoms. The average molecular weight is 411 g/mol. The van der Waals surface area contributed by atoms with E-state index in [0.29, 0.717) is 16.7 Å². The number of aryl methyl sites for hydroxylation is 3. The number of thioether (sulfide) groups is 1. The van der Waals surface area contributed by atoms with Crippen LogP contribution in [0.1, 0.15) is 22.5 Å². The van der Waals surface area contributed by atoms with E-state index in [4.69, 9.17) is 0 Å². The van der Waals surface area contributed by atoms with Crippen LogP contribution in [0.25, 0.3) is 5.78 Å². The molecule has 3 aromatic rings. The summed E-state index contributed by atoms with van der Waals surface area (Å²) in [6.07, 6.45) is 0. The number of nitrogens with zero attached hydrogens (tertiary/aromatic N) is 6. The number of carbonyl (C=O) groups excluding carboxylic acids is 1. The summed E-state index contributed by atoms with van der Waals surface area (Å²) < 4.78 is 1.73. The van der Waals surface area contributed by atoms with E-state index in [1.54, 1.807) is 4.52 Å². The van der Waals surface area contributed by atoms with Gasteiger partial charge in [0.1, 0.15) is 0 Å². The third-order valence-corrected chi connectivity index (χ3v) is 5.96. The lowest BCUT2D eigenvalue weighted by atomic mass is 10.1. The van der Waals surface area contributed by atoms with Crippen LogP contribution in [-0.2, 0) is 11.3 Å². The molecule has 0 radical (unpaired) electrons. The van der Waals surface area contributed by atoms with Crippen LogP contribution < -0.4 is 0 Å². The maximum absolute atomic E-state index is 12.6. The van der Waals surface area contributed by atoms with Crippen LogP contribution in [0.5, 0.6) is 0 Å². The number of aromatic nitrogens is 4. The SMILES string of the molecule is Cc1cccc(CN2CCN(C(=O)CSc3nc4nc(C)cc(C)n4n3)CC2)c1. The first kappa shape index (κ1) is 19.8. The highest BCUT2D eigenvalue weighted by molar-refractivity contribution is 7.99. The predicted molar refractivity (Wildman–Crippen MR) is 114 cm³/mol. The maximum atomic E-state index is 12.6. The Morgan fingerprint density at radius 2 is 1.86 bits per heavy atom. The van der Waals surface area contributed by atoms with Crippen molar-refractivity contribution >= 4 is 23.4 Å². The molecule has 0 saturated carbocycles. The van der Waals surface area contributed by atoms with Gasteiger partial charge in [-0.25, -0.2) is 9.50 Å². The summed E-state index contributed by atoms with van der Waals surface area (Å²) in [5.41, 5.74) is 4.52. The van der Waals surface area contributed by atoms with E-state index >= 15 is 0 Å². The van der Waals surface area contributed by atoms with Gasteiger partial charge in [-0.2, -0.15) is 4.98 Å². The molecular weight excluding hydrogens is 384 g/mol. The van der Waals surface area contributed by atoms with E-state index in [1.807, 2.05) is 24.8 Å². The molecule has 7 nitrogen and oxygen atoms in total. The number of carbonyl (C=O) groups is 1. The summed E-state index contributed by atoms with van der Waals surface area (Å²) in [4.78, 5) is 25.8. The van der Waals surface area contributed by atoms with Crippen LogP contribution >= 0.6 is 11.8 Å². The number of hydrogen-bond acceptors (Lipinski definition) is 6. The van der Waals surface area contributed by atoms with E-state index in [9.17, 15) is 4.79 Å². The van der Waals surface area contributed by atoms with Crippen molar-refractivity contribution in [2.24, 2.45) is 0 Å². The lowest BCUT2D eigenvalue weighted by molar-refractivity contribution is -0.130. The zero-order chi connectivity index (χ0) is 20.4. The molecule has 3 heterocycles. The smallest absolute Gasteiger partial charge is 0.253 e. The molecule has 0 unspecified atom stereocenters. The molecule has 0 N–H and O–H groups in total. The second-order valence-corrected chi connectivity index (χ2v) is 8.52. The third kappa shape index (κ3) is 4.76. The number of benzene rings is 1. The van der Waals surface area contributed by atoms with Crippen LogP contribution in [0.15, 0.2) is 35.5 Å². The standard InChI is InChI=1S/C21H26N6OS/c1-15-5-4-6-18(11-15)13-25-7-9-26(10-8-25)19(28)14-29-21-23-20-22-16(2)12-17(3)27(20)24-21/h4-6,11-12H,7-10,13-14H2,1-3H3. The topological polar surface area (TPSA) is 66.6 Å². The van der Waals surface area contributed by atoms with E-state index in [1.165, 1.54) is 22.9 Å². The summed E-state index contributed by atoms with van der Waals surface area (Å²) in [7, 11) is 0. The van der Waals surface area contributed by atoms with Crippen molar-refractivity contribution in [1.82, 2.24) is 29.4 Å². The van der Waals surface area contributed by atoms with Crippen molar-refractivity contribution in [1.29, 1.82) is 0 Å². The van der Waals surface area contributed by atoms with Crippen LogP contribution in [0.3, 0.4) is 0 Å². The number of hydrogen-bond donors (Lipinski definition) is 0. The Kier molecular flexibility index (Phi) is 5.82. The maximum Gasteiger partial charge on any atom is 0.253 e. The first-order valence-corrected chi connectivity index (χ1v) is 10.9. The van der Waals surface area contributed by atoms with Gasteiger partial charge in [-0.05, 0) is 32.4 Å². The minimum atomic E-state index is 0.143. The lowest BCUT2D eigenvalue weighted by Crippen LogP contribution is -2.48. The summed E-state index contributed by atoms with van der Waals surface area (Å²) in [6, 6.07) is 10.6. The fraction of sp³-hybridized carbons (Fsp3) is 0.429. The predicted octanol–water partition coefficient (Wildman–Crippen LogP) is 2.49. The summed E-state index contributed by atoms with van der Waals surface area (Å²) in [5.74, 6) is 1.08. The number of piperazine rings is 1. The van der Waals surface area contributed by atoms with Gasteiger partial charge in [0.15, 0.2) is 0 Å². The van der Waals surface area contributed by atoms with Crippen molar-refractivity contribution in [2.45, 2.75) is 32.5 Å². The highest BCUT2D eigenvalue weighted by atomic mass is 32.2. The lowest BCUT2D eigenvalue weighted by Gasteiger charge is -2.34. The zero-order valence-electron chi connectivity index (χ0n) is 17.1. The summed E-state index contributed by atoms with van der Waals surface area (Å²) in [6.45, 7) is 10.3. The van der Waals surface area contributed by atoms with Gasteiger partial charge in [-0.1, -0.05) is 41.6 Å². The van der Waals surface area contributed by atoms with Crippen molar-refractivity contribution in [3.63, 3.8) is 0 Å². The molecule has 0 spiro atoms. The van der Waals surface area contributed by atoms with Crippen molar-refractivity contribution in [3.8, 4) is 0 Å². The van der Waals surface area contributed by atoms with Crippen LogP contribution in [0, 0.1) is 20.8 Å². The Balaban J connectivity index is 1.28. The highest BCUT2D eigenvalue weighted by Gasteiger charge is 2.22. The van der Waals surface area contributed by atoms with E-state index in [0.717, 1.165) is 44.1 Å². The van der Waals surface area contributed by atoms with Gasteiger partial charge in [0.05, 0.1) is 5.75 Å². The van der Waals surface area contributed by atoms with Gasteiger partial charge in [0.2, 0.25) is 11.1 Å². The van der Waals surface area contributed by atoms with E-state index < -0.39 is 0 Å². The van der Waals surface area contributed by atoms with Gasteiger partial charge in [0, 0.05) is 44.1 Å². The van der Waals surface area contributed by atoms with Gasteiger partial charge in [-0.15, -0.1) is 5.10 Å². The van der Waals surface area contributed by atoms with Crippen molar-refractivity contribution in [2.75, 3.05) is 31.9 Å². The zero-order valence-corrected chi connectivity index (χ0v) is 17.9. The Labute approximate surface area is 175 Å². The fourth-order valence-corrected chi connectivity index (χ4v) is 4.37. The van der Waals surface area contributed by atoms with Crippen molar-refractivity contribution < 1.29 is 4.79 Å². The molecule has 0 aliphatic carbocycles. The third-order valence-electron chi connectivity index (χ3n) is 5.14. The first-order chi connectivity index (χ1) is 14.0. The van der Waals surface area contributed by atoms with Crippen LogP contribution in [0.2, 0.25) is 0 Å². The van der Waals surface area contributed by atoms with Crippen LogP contribution in [0.4, 0.5) is 0 Å². The fourth-order valence-electron chi connectivity index (χ4n) is 3.65. The molecule has 1 saturated heterocycles. The molecule has 152 valence electrons. The molecular formula is C21H26N6OS. The molecule has 1 fully saturated rings. The van der Waals surface area contributed by atoms with E-state index in [-0.39, 0.29) is 5.91 Å². The Bertz CT molecular complexity index is 1030. The number of amides is 1. The first-order valence-electron chi connectivity index (χ1n) is 9.87. The Morgan fingerprint density at radius 1 is 1.07 bits per heavy atom. The molecule has 2 aromatic heterocycles. The molecule has 1 aromatic carbocycles. The monoisotopic (exact) mass is 410 g/mol. The Hall–Kier alpha value is -2.45. The molecule has 8 heteroatoms.